The van der Waals surface area contributed by atoms with Crippen LogP contribution in [-0.4, -0.2) is 18.2 Å². The van der Waals surface area contributed by atoms with Crippen molar-refractivity contribution in [2.75, 3.05) is 13.1 Å². The number of aromatic amines is 1. The molecule has 1 aliphatic rings. The van der Waals surface area contributed by atoms with Crippen molar-refractivity contribution < 1.29 is 4.52 Å². The largest absolute Gasteiger partial charge is 0.383 e. The lowest BCUT2D eigenvalue weighted by Gasteiger charge is -2.20. The molecule has 0 aliphatic carbocycles. The summed E-state index contributed by atoms with van der Waals surface area (Å²) in [6.45, 7) is 4.28. The summed E-state index contributed by atoms with van der Waals surface area (Å²) in [5, 5.41) is 5.90. The minimum atomic E-state index is -0.00732. The Morgan fingerprint density at radius 2 is 1.80 bits per heavy atom. The van der Waals surface area contributed by atoms with E-state index < -0.39 is 0 Å². The van der Waals surface area contributed by atoms with Gasteiger partial charge in [-0.1, -0.05) is 39.0 Å². The summed E-state index contributed by atoms with van der Waals surface area (Å²) in [6, 6.07) is 0. The number of rotatable bonds is 8. The van der Waals surface area contributed by atoms with Crippen LogP contribution < -0.4 is 10.9 Å². The van der Waals surface area contributed by atoms with Gasteiger partial charge in [0.2, 0.25) is 0 Å². The van der Waals surface area contributed by atoms with Gasteiger partial charge in [-0.2, -0.15) is 5.16 Å². The highest BCUT2D eigenvalue weighted by atomic mass is 16.5. The zero-order chi connectivity index (χ0) is 14.2. The molecule has 1 aromatic rings. The first-order valence-corrected chi connectivity index (χ1v) is 8.24. The number of hydrogen-bond donors (Lipinski definition) is 2. The number of aromatic nitrogens is 1. The van der Waals surface area contributed by atoms with Crippen molar-refractivity contribution in [3.63, 3.8) is 0 Å². The molecular weight excluding hydrogens is 252 g/mol. The molecule has 2 N–H and O–H groups in total. The molecule has 1 fully saturated rings. The first-order valence-electron chi connectivity index (χ1n) is 8.24. The second-order valence-corrected chi connectivity index (χ2v) is 5.92. The fourth-order valence-electron chi connectivity index (χ4n) is 3.07. The van der Waals surface area contributed by atoms with E-state index >= 15 is 0 Å². The van der Waals surface area contributed by atoms with E-state index in [-0.39, 0.29) is 5.56 Å². The molecule has 0 amide bonds. The van der Waals surface area contributed by atoms with Gasteiger partial charge in [0.05, 0.1) is 5.56 Å². The minimum absolute atomic E-state index is 0.00732. The van der Waals surface area contributed by atoms with Crippen molar-refractivity contribution in [2.24, 2.45) is 0 Å². The Morgan fingerprint density at radius 3 is 2.55 bits per heavy atom. The summed E-state index contributed by atoms with van der Waals surface area (Å²) in [5.74, 6) is 1.36. The van der Waals surface area contributed by atoms with Gasteiger partial charge >= 0.3 is 0 Å². The van der Waals surface area contributed by atoms with Crippen LogP contribution in [0.5, 0.6) is 0 Å². The van der Waals surface area contributed by atoms with Gasteiger partial charge in [0.15, 0.2) is 0 Å². The predicted octanol–water partition coefficient (Wildman–Crippen LogP) is 3.34. The van der Waals surface area contributed by atoms with Crippen LogP contribution >= 0.6 is 0 Å². The maximum absolute atomic E-state index is 11.9. The van der Waals surface area contributed by atoms with E-state index in [4.69, 9.17) is 4.52 Å². The van der Waals surface area contributed by atoms with Crippen LogP contribution in [0.2, 0.25) is 0 Å². The van der Waals surface area contributed by atoms with Crippen molar-refractivity contribution in [1.29, 1.82) is 0 Å². The molecule has 2 heterocycles. The molecule has 4 heteroatoms. The Morgan fingerprint density at radius 1 is 1.10 bits per heavy atom. The SMILES string of the molecule is CCCCCCCCc1c(C2CCNCC2)o[nH]c1=O. The van der Waals surface area contributed by atoms with Crippen molar-refractivity contribution in [3.8, 4) is 0 Å². The summed E-state index contributed by atoms with van der Waals surface area (Å²) in [5.41, 5.74) is 0.902. The highest BCUT2D eigenvalue weighted by Gasteiger charge is 2.23. The van der Waals surface area contributed by atoms with E-state index in [1.54, 1.807) is 0 Å². The van der Waals surface area contributed by atoms with Crippen LogP contribution in [-0.2, 0) is 6.42 Å². The molecule has 0 saturated carbocycles. The third-order valence-corrected chi connectivity index (χ3v) is 4.32. The van der Waals surface area contributed by atoms with E-state index in [1.807, 2.05) is 0 Å². The fourth-order valence-corrected chi connectivity index (χ4v) is 3.07. The number of piperidine rings is 1. The first kappa shape index (κ1) is 15.4. The second kappa shape index (κ2) is 8.30. The quantitative estimate of drug-likeness (QED) is 0.718. The van der Waals surface area contributed by atoms with E-state index in [0.717, 1.165) is 50.1 Å². The van der Waals surface area contributed by atoms with Crippen LogP contribution in [0.1, 0.15) is 75.5 Å². The standard InChI is InChI=1S/C16H28N2O2/c1-2-3-4-5-6-7-8-14-15(20-18-16(14)19)13-9-11-17-12-10-13/h13,17H,2-12H2,1H3,(H,18,19). The van der Waals surface area contributed by atoms with Gasteiger partial charge in [0.1, 0.15) is 5.76 Å². The van der Waals surface area contributed by atoms with Crippen molar-refractivity contribution in [2.45, 2.75) is 70.6 Å². The lowest BCUT2D eigenvalue weighted by Crippen LogP contribution is -2.27. The predicted molar refractivity (Wildman–Crippen MR) is 81.3 cm³/mol. The van der Waals surface area contributed by atoms with Crippen LogP contribution in [0, 0.1) is 0 Å². The maximum atomic E-state index is 11.9. The van der Waals surface area contributed by atoms with Gasteiger partial charge in [-0.3, -0.25) is 4.79 Å². The zero-order valence-corrected chi connectivity index (χ0v) is 12.7. The molecule has 2 rings (SSSR count). The maximum Gasteiger partial charge on any atom is 0.283 e. The molecule has 0 aromatic carbocycles. The summed E-state index contributed by atoms with van der Waals surface area (Å²) in [6.07, 6.45) is 10.5. The summed E-state index contributed by atoms with van der Waals surface area (Å²) < 4.78 is 5.47. The third-order valence-electron chi connectivity index (χ3n) is 4.32. The molecule has 1 aromatic heterocycles. The molecule has 1 saturated heterocycles. The zero-order valence-electron chi connectivity index (χ0n) is 12.7. The third kappa shape index (κ3) is 4.23. The molecule has 0 radical (unpaired) electrons. The lowest BCUT2D eigenvalue weighted by molar-refractivity contribution is 0.323. The molecular formula is C16H28N2O2. The molecule has 0 bridgehead atoms. The van der Waals surface area contributed by atoms with Gasteiger partial charge in [-0.25, -0.2) is 0 Å². The summed E-state index contributed by atoms with van der Waals surface area (Å²) in [4.78, 5) is 11.9. The Labute approximate surface area is 121 Å². The van der Waals surface area contributed by atoms with Crippen LogP contribution in [0.3, 0.4) is 0 Å². The Bertz CT molecular complexity index is 430. The van der Waals surface area contributed by atoms with Gasteiger partial charge in [0, 0.05) is 5.92 Å². The molecule has 20 heavy (non-hydrogen) atoms. The van der Waals surface area contributed by atoms with Crippen molar-refractivity contribution in [1.82, 2.24) is 10.5 Å². The Hall–Kier alpha value is -1.03. The van der Waals surface area contributed by atoms with Gasteiger partial charge in [0.25, 0.3) is 5.56 Å². The monoisotopic (exact) mass is 280 g/mol. The van der Waals surface area contributed by atoms with Crippen LogP contribution in [0.25, 0.3) is 0 Å². The van der Waals surface area contributed by atoms with Gasteiger partial charge in [-0.15, -0.1) is 0 Å². The van der Waals surface area contributed by atoms with E-state index in [9.17, 15) is 4.79 Å². The highest BCUT2D eigenvalue weighted by Crippen LogP contribution is 2.27. The molecule has 114 valence electrons. The number of H-pyrrole nitrogens is 1. The molecule has 4 nitrogen and oxygen atoms in total. The summed E-state index contributed by atoms with van der Waals surface area (Å²) >= 11 is 0. The van der Waals surface area contributed by atoms with E-state index in [2.05, 4.69) is 17.4 Å². The summed E-state index contributed by atoms with van der Waals surface area (Å²) in [7, 11) is 0. The van der Waals surface area contributed by atoms with Gasteiger partial charge in [-0.05, 0) is 38.8 Å². The van der Waals surface area contributed by atoms with Crippen LogP contribution in [0.15, 0.2) is 9.32 Å². The molecule has 0 unspecified atom stereocenters. The molecule has 0 spiro atoms. The van der Waals surface area contributed by atoms with E-state index in [0.29, 0.717) is 5.92 Å². The Balaban J connectivity index is 1.84. The smallest absolute Gasteiger partial charge is 0.283 e. The Kier molecular flexibility index (Phi) is 6.37. The molecule has 1 aliphatic heterocycles. The number of unbranched alkanes of at least 4 members (excludes halogenated alkanes) is 5. The average molecular weight is 280 g/mol. The highest BCUT2D eigenvalue weighted by molar-refractivity contribution is 5.18. The lowest BCUT2D eigenvalue weighted by atomic mass is 9.91. The minimum Gasteiger partial charge on any atom is -0.383 e. The topological polar surface area (TPSA) is 58.0 Å². The van der Waals surface area contributed by atoms with Crippen molar-refractivity contribution >= 4 is 0 Å². The fraction of sp³-hybridized carbons (Fsp3) is 0.812. The molecule has 0 atom stereocenters. The second-order valence-electron chi connectivity index (χ2n) is 5.92. The first-order chi connectivity index (χ1) is 9.83. The number of nitrogens with one attached hydrogen (secondary N) is 2. The number of hydrogen-bond acceptors (Lipinski definition) is 3. The van der Waals surface area contributed by atoms with Crippen LogP contribution in [0.4, 0.5) is 0 Å². The average Bonchev–Trinajstić information content (AvgIpc) is 2.85. The van der Waals surface area contributed by atoms with E-state index in [1.165, 1.54) is 32.1 Å². The van der Waals surface area contributed by atoms with Gasteiger partial charge < -0.3 is 9.84 Å². The normalized spacial score (nSPS) is 16.6. The van der Waals surface area contributed by atoms with Crippen molar-refractivity contribution in [3.05, 3.63) is 21.7 Å².